The molecule has 3 rings (SSSR count). The van der Waals surface area contributed by atoms with Gasteiger partial charge >= 0.3 is 6.18 Å². The van der Waals surface area contributed by atoms with Gasteiger partial charge in [-0.25, -0.2) is 4.39 Å². The number of nitrogens with zero attached hydrogens (tertiary/aromatic N) is 1. The molecule has 1 aromatic carbocycles. The van der Waals surface area contributed by atoms with Gasteiger partial charge in [0.25, 0.3) is 0 Å². The lowest BCUT2D eigenvalue weighted by atomic mass is 10.2. The lowest BCUT2D eigenvalue weighted by Gasteiger charge is -2.10. The van der Waals surface area contributed by atoms with Crippen LogP contribution in [-0.4, -0.2) is 24.3 Å². The molecule has 0 aliphatic carbocycles. The summed E-state index contributed by atoms with van der Waals surface area (Å²) in [5.74, 6) is -0.679. The second kappa shape index (κ2) is 9.45. The molecule has 0 radical (unpaired) electrons. The second-order valence-corrected chi connectivity index (χ2v) is 6.11. The first-order valence-electron chi connectivity index (χ1n) is 7.73. The third kappa shape index (κ3) is 5.38. The van der Waals surface area contributed by atoms with E-state index in [0.717, 1.165) is 28.6 Å². The number of aromatic amines is 1. The molecule has 0 unspecified atom stereocenters. The lowest BCUT2D eigenvalue weighted by molar-refractivity contribution is -0.139. The van der Waals surface area contributed by atoms with E-state index < -0.39 is 17.6 Å². The molecule has 0 amide bonds. The molecule has 10 heteroatoms. The van der Waals surface area contributed by atoms with E-state index in [1.54, 1.807) is 31.6 Å². The monoisotopic (exact) mass is 417 g/mol. The number of H-pyrrole nitrogens is 1. The number of hydrogen-bond acceptors (Lipinski definition) is 4. The van der Waals surface area contributed by atoms with E-state index in [0.29, 0.717) is 24.7 Å². The number of halogens is 5. The molecule has 150 valence electrons. The van der Waals surface area contributed by atoms with E-state index in [1.807, 2.05) is 6.07 Å². The van der Waals surface area contributed by atoms with Gasteiger partial charge in [0.05, 0.1) is 37.4 Å². The highest BCUT2D eigenvalue weighted by Crippen LogP contribution is 2.33. The van der Waals surface area contributed by atoms with Gasteiger partial charge in [-0.2, -0.15) is 13.2 Å². The van der Waals surface area contributed by atoms with Gasteiger partial charge in [0.2, 0.25) is 0 Å². The predicted molar refractivity (Wildman–Crippen MR) is 98.5 cm³/mol. The van der Waals surface area contributed by atoms with Crippen LogP contribution < -0.4 is 9.46 Å². The van der Waals surface area contributed by atoms with Gasteiger partial charge < -0.3 is 14.4 Å². The van der Waals surface area contributed by atoms with Gasteiger partial charge in [0.1, 0.15) is 11.6 Å². The molecule has 3 aromatic rings. The molecule has 0 saturated heterocycles. The molecule has 2 heterocycles. The quantitative estimate of drug-likeness (QED) is 0.398. The van der Waals surface area contributed by atoms with Gasteiger partial charge in [-0.3, -0.25) is 9.37 Å². The summed E-state index contributed by atoms with van der Waals surface area (Å²) in [6, 6.07) is 8.08. The van der Waals surface area contributed by atoms with Gasteiger partial charge in [-0.05, 0) is 48.3 Å². The molecule has 0 aliphatic rings. The minimum Gasteiger partial charge on any atom is -0.495 e. The summed E-state index contributed by atoms with van der Waals surface area (Å²) in [7, 11) is 2.05. The first kappa shape index (κ1) is 21.5. The van der Waals surface area contributed by atoms with Crippen molar-refractivity contribution < 1.29 is 26.7 Å². The number of benzene rings is 1. The number of hydrogen-bond donors (Lipinski definition) is 2. The van der Waals surface area contributed by atoms with Crippen molar-refractivity contribution in [2.75, 3.05) is 19.0 Å². The fourth-order valence-electron chi connectivity index (χ4n) is 2.17. The van der Waals surface area contributed by atoms with E-state index in [-0.39, 0.29) is 5.69 Å². The summed E-state index contributed by atoms with van der Waals surface area (Å²) >= 11 is 1.14. The van der Waals surface area contributed by atoms with Gasteiger partial charge in [0, 0.05) is 16.8 Å². The zero-order valence-corrected chi connectivity index (χ0v) is 15.6. The number of pyridine rings is 1. The number of anilines is 1. The highest BCUT2D eigenvalue weighted by Gasteiger charge is 2.33. The number of ether oxygens (including phenoxy) is 1. The average molecular weight is 417 g/mol. The Hall–Kier alpha value is -2.75. The lowest BCUT2D eigenvalue weighted by Crippen LogP contribution is -2.08. The van der Waals surface area contributed by atoms with Crippen LogP contribution in [0, 0.1) is 5.82 Å². The van der Waals surface area contributed by atoms with Crippen LogP contribution in [0.1, 0.15) is 5.56 Å². The van der Waals surface area contributed by atoms with E-state index in [2.05, 4.69) is 14.7 Å². The van der Waals surface area contributed by atoms with Crippen LogP contribution >= 0.6 is 11.9 Å². The average Bonchev–Trinajstić information content (AvgIpc) is 3.16. The molecular formula is C18H16F5N3OS. The Kier molecular flexibility index (Phi) is 7.27. The van der Waals surface area contributed by atoms with E-state index in [4.69, 9.17) is 4.74 Å². The van der Waals surface area contributed by atoms with Gasteiger partial charge in [0.15, 0.2) is 0 Å². The first-order chi connectivity index (χ1) is 13.4. The largest absolute Gasteiger partial charge is 0.495 e. The van der Waals surface area contributed by atoms with Crippen molar-refractivity contribution in [2.45, 2.75) is 11.1 Å². The van der Waals surface area contributed by atoms with Crippen LogP contribution in [0.15, 0.2) is 53.7 Å². The molecule has 0 bridgehead atoms. The number of rotatable bonds is 5. The standard InChI is InChI=1S/C17H13F4N3OS.CH3F/c1-25-11-3-5-15(22-8-11)16-7-12(9-23-16)26-24-10-2-4-13(14(18)6-10)17(19,20)21;1-2/h2-9,23-24H,1H3;1H3. The SMILES string of the molecule is CF.COc1ccc(-c2cc(SNc3ccc(C(F)(F)F)c(F)c3)c[nH]2)nc1. The van der Waals surface area contributed by atoms with Gasteiger partial charge in [-0.1, -0.05) is 0 Å². The van der Waals surface area contributed by atoms with Crippen molar-refractivity contribution in [1.29, 1.82) is 0 Å². The van der Waals surface area contributed by atoms with Crippen molar-refractivity contribution >= 4 is 17.6 Å². The Labute approximate surface area is 162 Å². The highest BCUT2D eigenvalue weighted by atomic mass is 32.2. The Balaban J connectivity index is 0.00000136. The maximum atomic E-state index is 13.6. The summed E-state index contributed by atoms with van der Waals surface area (Å²) < 4.78 is 68.6. The minimum atomic E-state index is -4.71. The van der Waals surface area contributed by atoms with Crippen LogP contribution in [-0.2, 0) is 6.18 Å². The van der Waals surface area contributed by atoms with Crippen LogP contribution in [0.25, 0.3) is 11.4 Å². The molecule has 2 aromatic heterocycles. The number of aromatic nitrogens is 2. The normalized spacial score (nSPS) is 10.8. The number of alkyl halides is 4. The smallest absolute Gasteiger partial charge is 0.419 e. The molecule has 2 N–H and O–H groups in total. The fraction of sp³-hybridized carbons (Fsp3) is 0.167. The Bertz CT molecular complexity index is 897. The van der Waals surface area contributed by atoms with Crippen LogP contribution in [0.2, 0.25) is 0 Å². The van der Waals surface area contributed by atoms with E-state index >= 15 is 0 Å². The second-order valence-electron chi connectivity index (χ2n) is 5.23. The zero-order chi connectivity index (χ0) is 20.7. The molecule has 28 heavy (non-hydrogen) atoms. The summed E-state index contributed by atoms with van der Waals surface area (Å²) in [4.78, 5) is 8.06. The highest BCUT2D eigenvalue weighted by molar-refractivity contribution is 8.00. The summed E-state index contributed by atoms with van der Waals surface area (Å²) in [6.07, 6.45) is -1.41. The summed E-state index contributed by atoms with van der Waals surface area (Å²) in [5.41, 5.74) is 0.405. The van der Waals surface area contributed by atoms with Crippen molar-refractivity contribution in [3.05, 3.63) is 60.2 Å². The molecule has 0 atom stereocenters. The topological polar surface area (TPSA) is 49.9 Å². The van der Waals surface area contributed by atoms with Crippen molar-refractivity contribution in [1.82, 2.24) is 9.97 Å². The number of nitrogens with one attached hydrogen (secondary N) is 2. The Morgan fingerprint density at radius 2 is 1.86 bits per heavy atom. The zero-order valence-electron chi connectivity index (χ0n) is 14.8. The molecule has 0 saturated carbocycles. The third-order valence-corrected chi connectivity index (χ3v) is 4.27. The predicted octanol–water partition coefficient (Wildman–Crippen LogP) is 5.95. The van der Waals surface area contributed by atoms with Crippen molar-refractivity contribution in [3.63, 3.8) is 0 Å². The molecular weight excluding hydrogens is 401 g/mol. The Morgan fingerprint density at radius 3 is 2.43 bits per heavy atom. The van der Waals surface area contributed by atoms with Crippen molar-refractivity contribution in [2.24, 2.45) is 0 Å². The minimum absolute atomic E-state index is 0.228. The molecule has 0 fully saturated rings. The molecule has 0 spiro atoms. The summed E-state index contributed by atoms with van der Waals surface area (Å²) in [6.45, 7) is 0. The maximum absolute atomic E-state index is 13.6. The van der Waals surface area contributed by atoms with E-state index in [9.17, 15) is 22.0 Å². The van der Waals surface area contributed by atoms with Crippen molar-refractivity contribution in [3.8, 4) is 17.1 Å². The number of methoxy groups -OCH3 is 1. The maximum Gasteiger partial charge on any atom is 0.419 e. The van der Waals surface area contributed by atoms with Crippen LogP contribution in [0.5, 0.6) is 5.75 Å². The van der Waals surface area contributed by atoms with Crippen LogP contribution in [0.4, 0.5) is 27.6 Å². The molecule has 4 nitrogen and oxygen atoms in total. The van der Waals surface area contributed by atoms with Gasteiger partial charge in [-0.15, -0.1) is 0 Å². The Morgan fingerprint density at radius 1 is 1.11 bits per heavy atom. The first-order valence-corrected chi connectivity index (χ1v) is 8.54. The third-order valence-electron chi connectivity index (χ3n) is 3.47. The fourth-order valence-corrected chi connectivity index (χ4v) is 2.83. The van der Waals surface area contributed by atoms with E-state index in [1.165, 1.54) is 6.07 Å². The summed E-state index contributed by atoms with van der Waals surface area (Å²) in [5, 5.41) is 0. The molecule has 0 aliphatic heterocycles. The van der Waals surface area contributed by atoms with Crippen LogP contribution in [0.3, 0.4) is 0 Å².